The molecule has 3 rings (SSSR count). The van der Waals surface area contributed by atoms with Crippen LogP contribution in [0.4, 0.5) is 0 Å². The van der Waals surface area contributed by atoms with Crippen LogP contribution < -0.4 is 0 Å². The van der Waals surface area contributed by atoms with Crippen LogP contribution in [-0.4, -0.2) is 86.6 Å². The minimum Gasteiger partial charge on any atom is -0.481 e. The molecule has 2 amide bonds. The maximum Gasteiger partial charge on any atom is 0.310 e. The van der Waals surface area contributed by atoms with Crippen molar-refractivity contribution in [2.75, 3.05) is 26.2 Å². The van der Waals surface area contributed by atoms with Crippen molar-refractivity contribution in [2.24, 2.45) is 11.8 Å². The number of carboxylic acid groups (broad SMARTS) is 1. The molecule has 2 N–H and O–H groups in total. The number of aliphatic carboxylic acids is 1. The Bertz CT molecular complexity index is 733. The van der Waals surface area contributed by atoms with E-state index in [2.05, 4.69) is 29.4 Å². The van der Waals surface area contributed by atoms with Gasteiger partial charge in [0, 0.05) is 31.1 Å². The third-order valence-corrected chi connectivity index (χ3v) is 7.90. The molecule has 0 aromatic rings. The van der Waals surface area contributed by atoms with E-state index < -0.39 is 35.6 Å². The molecule has 3 fully saturated rings. The van der Waals surface area contributed by atoms with Crippen LogP contribution in [0, 0.1) is 11.8 Å². The van der Waals surface area contributed by atoms with Crippen molar-refractivity contribution in [3.63, 3.8) is 0 Å². The van der Waals surface area contributed by atoms with E-state index >= 15 is 0 Å². The van der Waals surface area contributed by atoms with Gasteiger partial charge in [-0.15, -0.1) is 6.58 Å². The first-order chi connectivity index (χ1) is 15.3. The van der Waals surface area contributed by atoms with E-state index in [4.69, 9.17) is 9.84 Å². The highest BCUT2D eigenvalue weighted by Crippen LogP contribution is 2.60. The number of rotatable bonds is 13. The number of likely N-dealkylation sites (tertiary alicyclic amines) is 1. The minimum absolute atomic E-state index is 0.130. The Kier molecular flexibility index (Phi) is 8.38. The Labute approximate surface area is 198 Å². The van der Waals surface area contributed by atoms with Gasteiger partial charge in [0.25, 0.3) is 0 Å². The number of amides is 2. The second kappa shape index (κ2) is 10.7. The van der Waals surface area contributed by atoms with Gasteiger partial charge in [-0.05, 0) is 25.7 Å². The molecular formula is C23H35BrN2O6. The van der Waals surface area contributed by atoms with E-state index in [0.29, 0.717) is 38.9 Å². The van der Waals surface area contributed by atoms with E-state index in [1.54, 1.807) is 15.9 Å². The first kappa shape index (κ1) is 25.2. The Balaban J connectivity index is 1.93. The van der Waals surface area contributed by atoms with Crippen LogP contribution in [0.3, 0.4) is 0 Å². The quantitative estimate of drug-likeness (QED) is 0.221. The lowest BCUT2D eigenvalue weighted by molar-refractivity contribution is -0.150. The molecule has 3 heterocycles. The number of aliphatic hydroxyl groups excluding tert-OH is 1. The predicted molar refractivity (Wildman–Crippen MR) is 122 cm³/mol. The molecule has 6 atom stereocenters. The number of carbonyl (C=O) groups is 3. The molecule has 0 aromatic heterocycles. The minimum atomic E-state index is -1.12. The number of fused-ring (bicyclic) bond motifs is 1. The van der Waals surface area contributed by atoms with Crippen LogP contribution in [-0.2, 0) is 19.1 Å². The van der Waals surface area contributed by atoms with Gasteiger partial charge in [0.1, 0.15) is 11.6 Å². The number of ether oxygens (including phenoxy) is 1. The summed E-state index contributed by atoms with van der Waals surface area (Å²) in [6, 6.07) is -0.830. The molecule has 180 valence electrons. The van der Waals surface area contributed by atoms with Crippen LogP contribution in [0.2, 0.25) is 0 Å². The van der Waals surface area contributed by atoms with Gasteiger partial charge >= 0.3 is 5.97 Å². The van der Waals surface area contributed by atoms with Gasteiger partial charge in [0.2, 0.25) is 11.8 Å². The van der Waals surface area contributed by atoms with Crippen LogP contribution in [0.5, 0.6) is 0 Å². The van der Waals surface area contributed by atoms with Gasteiger partial charge in [0.15, 0.2) is 0 Å². The third kappa shape index (κ3) is 4.35. The molecule has 0 saturated carbocycles. The van der Waals surface area contributed by atoms with Crippen molar-refractivity contribution in [2.45, 2.75) is 74.4 Å². The third-order valence-electron chi connectivity index (χ3n) is 7.06. The molecule has 8 nitrogen and oxygen atoms in total. The summed E-state index contributed by atoms with van der Waals surface area (Å²) in [7, 11) is 0. The average molecular weight is 515 g/mol. The molecule has 0 aliphatic carbocycles. The summed E-state index contributed by atoms with van der Waals surface area (Å²) < 4.78 is 6.29. The van der Waals surface area contributed by atoms with Gasteiger partial charge in [-0.25, -0.2) is 0 Å². The smallest absolute Gasteiger partial charge is 0.310 e. The molecule has 0 aromatic carbocycles. The lowest BCUT2D eigenvalue weighted by Gasteiger charge is -2.37. The summed E-state index contributed by atoms with van der Waals surface area (Å²) in [6.45, 7) is 7.27. The largest absolute Gasteiger partial charge is 0.481 e. The number of aliphatic hydroxyl groups is 1. The molecule has 3 aliphatic rings. The number of hydrogen-bond donors (Lipinski definition) is 2. The van der Waals surface area contributed by atoms with Crippen molar-refractivity contribution < 1.29 is 29.3 Å². The molecule has 1 unspecified atom stereocenters. The van der Waals surface area contributed by atoms with Crippen molar-refractivity contribution in [3.05, 3.63) is 12.7 Å². The fourth-order valence-corrected chi connectivity index (χ4v) is 6.59. The highest BCUT2D eigenvalue weighted by molar-refractivity contribution is 9.09. The summed E-state index contributed by atoms with van der Waals surface area (Å²) in [4.78, 5) is 42.6. The Morgan fingerprint density at radius 2 is 2.03 bits per heavy atom. The van der Waals surface area contributed by atoms with Crippen LogP contribution in [0.1, 0.15) is 51.9 Å². The standard InChI is InChI=1S/C23H35BrN2O6/c1-3-5-11-25(10-4-2)21(29)19-23-14-15(24)18(32-23)16(22(30)31)17(23)20(28)26(19)12-8-6-7-9-13-27/h4,15-19,27H,2-3,5-14H2,1H3,(H,30,31)/t15?,16-,17+,18-,19-,23+/m0/s1. The first-order valence-corrected chi connectivity index (χ1v) is 12.6. The summed E-state index contributed by atoms with van der Waals surface area (Å²) in [6.07, 6.45) is 6.30. The van der Waals surface area contributed by atoms with Crippen molar-refractivity contribution in [1.29, 1.82) is 0 Å². The van der Waals surface area contributed by atoms with E-state index in [0.717, 1.165) is 25.7 Å². The molecule has 3 aliphatic heterocycles. The topological polar surface area (TPSA) is 107 Å². The monoisotopic (exact) mass is 514 g/mol. The Hall–Kier alpha value is -1.45. The highest BCUT2D eigenvalue weighted by Gasteiger charge is 2.76. The Morgan fingerprint density at radius 1 is 1.31 bits per heavy atom. The number of unbranched alkanes of at least 4 members (excludes halogenated alkanes) is 4. The normalized spacial score (nSPS) is 32.9. The number of hydrogen-bond acceptors (Lipinski definition) is 5. The van der Waals surface area contributed by atoms with Crippen molar-refractivity contribution >= 4 is 33.7 Å². The fourth-order valence-electron chi connectivity index (χ4n) is 5.65. The van der Waals surface area contributed by atoms with Gasteiger partial charge < -0.3 is 24.7 Å². The van der Waals surface area contributed by atoms with Crippen molar-refractivity contribution in [3.8, 4) is 0 Å². The molecular weight excluding hydrogens is 480 g/mol. The molecule has 2 bridgehead atoms. The molecule has 0 radical (unpaired) electrons. The van der Waals surface area contributed by atoms with E-state index in [1.165, 1.54) is 0 Å². The van der Waals surface area contributed by atoms with Gasteiger partial charge in [-0.1, -0.05) is 48.2 Å². The lowest BCUT2D eigenvalue weighted by atomic mass is 9.70. The molecule has 9 heteroatoms. The maximum atomic E-state index is 13.8. The second-order valence-electron chi connectivity index (χ2n) is 9.10. The predicted octanol–water partition coefficient (Wildman–Crippen LogP) is 2.19. The number of halogens is 1. The SMILES string of the molecule is C=CCN(CCCC)C(=O)[C@@H]1N(CCCCCCO)C(=O)[C@H]2[C@H](C(=O)O)[C@H]3O[C@@]12CC3Br. The van der Waals surface area contributed by atoms with Gasteiger partial charge in [0.05, 0.1) is 17.9 Å². The van der Waals surface area contributed by atoms with E-state index in [-0.39, 0.29) is 23.2 Å². The van der Waals surface area contributed by atoms with Crippen LogP contribution in [0.25, 0.3) is 0 Å². The fraction of sp³-hybridized carbons (Fsp3) is 0.783. The number of nitrogens with zero attached hydrogens (tertiary/aromatic N) is 2. The van der Waals surface area contributed by atoms with E-state index in [1.807, 2.05) is 0 Å². The Morgan fingerprint density at radius 3 is 2.66 bits per heavy atom. The van der Waals surface area contributed by atoms with Crippen LogP contribution in [0.15, 0.2) is 12.7 Å². The summed E-state index contributed by atoms with van der Waals surface area (Å²) >= 11 is 3.56. The molecule has 32 heavy (non-hydrogen) atoms. The molecule has 1 spiro atoms. The zero-order valence-corrected chi connectivity index (χ0v) is 20.3. The number of alkyl halides is 1. The second-order valence-corrected chi connectivity index (χ2v) is 10.3. The van der Waals surface area contributed by atoms with Crippen LogP contribution >= 0.6 is 15.9 Å². The number of carbonyl (C=O) groups excluding carboxylic acids is 2. The number of carboxylic acids is 1. The highest BCUT2D eigenvalue weighted by atomic mass is 79.9. The average Bonchev–Trinajstić information content (AvgIpc) is 3.34. The van der Waals surface area contributed by atoms with Crippen molar-refractivity contribution in [1.82, 2.24) is 9.80 Å². The summed E-state index contributed by atoms with van der Waals surface area (Å²) in [5, 5.41) is 18.9. The molecule has 3 saturated heterocycles. The lowest BCUT2D eigenvalue weighted by Crippen LogP contribution is -2.57. The van der Waals surface area contributed by atoms with Gasteiger partial charge in [-0.2, -0.15) is 0 Å². The maximum absolute atomic E-state index is 13.8. The first-order valence-electron chi connectivity index (χ1n) is 11.7. The van der Waals surface area contributed by atoms with E-state index in [9.17, 15) is 19.5 Å². The zero-order valence-electron chi connectivity index (χ0n) is 18.7. The summed E-state index contributed by atoms with van der Waals surface area (Å²) in [5.41, 5.74) is -1.12. The van der Waals surface area contributed by atoms with Gasteiger partial charge in [-0.3, -0.25) is 14.4 Å². The summed E-state index contributed by atoms with van der Waals surface area (Å²) in [5.74, 6) is -3.32. The zero-order chi connectivity index (χ0) is 23.5.